The minimum Gasteiger partial charge on any atom is -0.397 e. The second-order valence-electron chi connectivity index (χ2n) is 3.17. The molecule has 0 aromatic heterocycles. The fourth-order valence-electron chi connectivity index (χ4n) is 1.19. The van der Waals surface area contributed by atoms with Crippen molar-refractivity contribution in [2.45, 2.75) is 0 Å². The number of hydrogen-bond donors (Lipinski definition) is 4. The molecule has 0 bridgehead atoms. The van der Waals surface area contributed by atoms with Gasteiger partial charge in [-0.2, -0.15) is 0 Å². The second-order valence-corrected chi connectivity index (χ2v) is 3.17. The molecule has 6 nitrogen and oxygen atoms in total. The van der Waals surface area contributed by atoms with Crippen LogP contribution in [0.15, 0.2) is 46.6 Å². The van der Waals surface area contributed by atoms with E-state index in [1.165, 1.54) is 0 Å². The number of primary amides is 1. The first-order valence-electron chi connectivity index (χ1n) is 4.76. The van der Waals surface area contributed by atoms with Crippen LogP contribution in [0.1, 0.15) is 0 Å². The van der Waals surface area contributed by atoms with E-state index in [1.807, 2.05) is 6.07 Å². The first-order chi connectivity index (χ1) is 8.06. The van der Waals surface area contributed by atoms with Crippen molar-refractivity contribution in [3.05, 3.63) is 41.6 Å². The van der Waals surface area contributed by atoms with E-state index < -0.39 is 5.91 Å². The number of carbonyl (C=O) groups excluding carboxylic acids is 1. The van der Waals surface area contributed by atoms with Gasteiger partial charge in [-0.15, -0.1) is 0 Å². The van der Waals surface area contributed by atoms with Crippen molar-refractivity contribution in [2.24, 2.45) is 22.2 Å². The molecule has 0 aliphatic rings. The zero-order chi connectivity index (χ0) is 12.8. The zero-order valence-electron chi connectivity index (χ0n) is 9.05. The molecule has 88 valence electrons. The Kier molecular flexibility index (Phi) is 3.99. The Morgan fingerprint density at radius 2 is 1.76 bits per heavy atom. The quantitative estimate of drug-likeness (QED) is 0.331. The Bertz CT molecular complexity index is 490. The molecular formula is C11H13N5O. The Labute approximate surface area is 98.3 Å². The molecule has 0 heterocycles. The third-order valence-corrected chi connectivity index (χ3v) is 1.95. The van der Waals surface area contributed by atoms with Gasteiger partial charge < -0.3 is 22.6 Å². The summed E-state index contributed by atoms with van der Waals surface area (Å²) in [6, 6.07) is 8.81. The topological polar surface area (TPSA) is 131 Å². The summed E-state index contributed by atoms with van der Waals surface area (Å²) in [7, 11) is 0. The van der Waals surface area contributed by atoms with Crippen LogP contribution in [0.2, 0.25) is 0 Å². The normalized spacial score (nSPS) is 12.8. The van der Waals surface area contributed by atoms with Gasteiger partial charge in [-0.25, -0.2) is 4.99 Å². The zero-order valence-corrected chi connectivity index (χ0v) is 9.05. The highest BCUT2D eigenvalue weighted by Gasteiger charge is 2.13. The molecular weight excluding hydrogens is 218 g/mol. The van der Waals surface area contributed by atoms with Crippen molar-refractivity contribution in [1.82, 2.24) is 0 Å². The lowest BCUT2D eigenvalue weighted by atomic mass is 10.2. The molecule has 6 heteroatoms. The van der Waals surface area contributed by atoms with E-state index in [9.17, 15) is 4.79 Å². The molecule has 0 fully saturated rings. The maximum Gasteiger partial charge on any atom is 0.254 e. The molecule has 0 aliphatic carbocycles. The van der Waals surface area contributed by atoms with E-state index >= 15 is 0 Å². The number of para-hydroxylation sites is 1. The van der Waals surface area contributed by atoms with Gasteiger partial charge in [-0.3, -0.25) is 4.79 Å². The Morgan fingerprint density at radius 3 is 2.24 bits per heavy atom. The van der Waals surface area contributed by atoms with Gasteiger partial charge in [0.05, 0.1) is 11.4 Å². The molecule has 0 aliphatic heterocycles. The Morgan fingerprint density at radius 1 is 1.18 bits per heavy atom. The lowest BCUT2D eigenvalue weighted by molar-refractivity contribution is -0.114. The average molecular weight is 231 g/mol. The lowest BCUT2D eigenvalue weighted by Crippen LogP contribution is -2.30. The summed E-state index contributed by atoms with van der Waals surface area (Å²) in [6.07, 6.45) is 0.799. The number of hydrogen-bond acceptors (Lipinski definition) is 4. The summed E-state index contributed by atoms with van der Waals surface area (Å²) in [4.78, 5) is 15.2. The summed E-state index contributed by atoms with van der Waals surface area (Å²) in [5.41, 5.74) is 16.5. The minimum absolute atomic E-state index is 0.107. The number of aliphatic imine (C=N–C) groups is 1. The van der Waals surface area contributed by atoms with Crippen molar-refractivity contribution in [3.8, 4) is 0 Å². The van der Waals surface area contributed by atoms with Crippen LogP contribution in [-0.4, -0.2) is 18.0 Å². The van der Waals surface area contributed by atoms with E-state index in [2.05, 4.69) is 4.99 Å². The van der Waals surface area contributed by atoms with Crippen LogP contribution in [0.25, 0.3) is 0 Å². The van der Waals surface area contributed by atoms with Crippen LogP contribution in [-0.2, 0) is 4.79 Å². The molecule has 0 atom stereocenters. The molecule has 1 amide bonds. The molecule has 0 unspecified atom stereocenters. The Hall–Kier alpha value is -2.63. The van der Waals surface area contributed by atoms with E-state index in [0.29, 0.717) is 5.69 Å². The fraction of sp³-hybridized carbons (Fsp3) is 0. The lowest BCUT2D eigenvalue weighted by Gasteiger charge is -2.04. The highest BCUT2D eigenvalue weighted by molar-refractivity contribution is 6.22. The summed E-state index contributed by atoms with van der Waals surface area (Å²) < 4.78 is 0. The van der Waals surface area contributed by atoms with Crippen molar-refractivity contribution in [3.63, 3.8) is 0 Å². The van der Waals surface area contributed by atoms with Crippen LogP contribution < -0.4 is 17.2 Å². The number of nitrogens with zero attached hydrogens (tertiary/aromatic N) is 1. The molecule has 7 N–H and O–H groups in total. The second kappa shape index (κ2) is 5.45. The van der Waals surface area contributed by atoms with E-state index in [0.717, 1.165) is 6.21 Å². The summed E-state index contributed by atoms with van der Waals surface area (Å²) >= 11 is 0. The molecule has 1 aromatic rings. The average Bonchev–Trinajstić information content (AvgIpc) is 2.29. The van der Waals surface area contributed by atoms with Gasteiger partial charge >= 0.3 is 0 Å². The monoisotopic (exact) mass is 231 g/mol. The van der Waals surface area contributed by atoms with Crippen LogP contribution in [0.3, 0.4) is 0 Å². The maximum atomic E-state index is 11.2. The summed E-state index contributed by atoms with van der Waals surface area (Å²) in [5, 5.41) is 6.98. The number of carbonyl (C=O) groups is 1. The maximum absolute atomic E-state index is 11.2. The van der Waals surface area contributed by atoms with Gasteiger partial charge in [-0.05, 0) is 12.1 Å². The van der Waals surface area contributed by atoms with Crippen LogP contribution >= 0.6 is 0 Å². The highest BCUT2D eigenvalue weighted by Crippen LogP contribution is 2.11. The predicted molar refractivity (Wildman–Crippen MR) is 66.9 cm³/mol. The number of amidine groups is 1. The van der Waals surface area contributed by atoms with Crippen molar-refractivity contribution in [2.75, 3.05) is 0 Å². The minimum atomic E-state index is -0.816. The standard InChI is InChI=1S/C11H13N5O/c12-6-8(13)9(11(15)17)10(14)16-7-4-2-1-3-5-7/h1-6,12H,13H2,(H2,14,16)(H2,15,17)/b9-8+,12-6?. The number of benzene rings is 1. The number of rotatable bonds is 4. The molecule has 0 saturated carbocycles. The van der Waals surface area contributed by atoms with Gasteiger partial charge in [0, 0.05) is 6.21 Å². The van der Waals surface area contributed by atoms with Gasteiger partial charge in [0.25, 0.3) is 5.91 Å². The number of amides is 1. The Balaban J connectivity index is 3.19. The molecule has 0 saturated heterocycles. The van der Waals surface area contributed by atoms with E-state index in [-0.39, 0.29) is 17.1 Å². The molecule has 1 rings (SSSR count). The van der Waals surface area contributed by atoms with Crippen molar-refractivity contribution < 1.29 is 4.79 Å². The smallest absolute Gasteiger partial charge is 0.254 e. The molecule has 17 heavy (non-hydrogen) atoms. The van der Waals surface area contributed by atoms with Crippen LogP contribution in [0.4, 0.5) is 5.69 Å². The van der Waals surface area contributed by atoms with E-state index in [4.69, 9.17) is 22.6 Å². The van der Waals surface area contributed by atoms with E-state index in [1.54, 1.807) is 24.3 Å². The molecule has 0 spiro atoms. The number of allylic oxidation sites excluding steroid dienone is 1. The SMILES string of the molecule is N=C/C(N)=C(\C(N)=O)C(N)=Nc1ccccc1. The largest absolute Gasteiger partial charge is 0.397 e. The first-order valence-corrected chi connectivity index (χ1v) is 4.76. The summed E-state index contributed by atoms with van der Waals surface area (Å²) in [5.74, 6) is -0.923. The molecule has 0 radical (unpaired) electrons. The number of nitrogens with two attached hydrogens (primary N) is 3. The highest BCUT2D eigenvalue weighted by atomic mass is 16.1. The fourth-order valence-corrected chi connectivity index (χ4v) is 1.19. The van der Waals surface area contributed by atoms with Crippen molar-refractivity contribution in [1.29, 1.82) is 5.41 Å². The van der Waals surface area contributed by atoms with Gasteiger partial charge in [-0.1, -0.05) is 18.2 Å². The third-order valence-electron chi connectivity index (χ3n) is 1.95. The predicted octanol–water partition coefficient (Wildman–Crippen LogP) is 0.0230. The van der Waals surface area contributed by atoms with Crippen LogP contribution in [0.5, 0.6) is 0 Å². The summed E-state index contributed by atoms with van der Waals surface area (Å²) in [6.45, 7) is 0. The van der Waals surface area contributed by atoms with Crippen molar-refractivity contribution >= 4 is 23.6 Å². The van der Waals surface area contributed by atoms with Gasteiger partial charge in [0.15, 0.2) is 0 Å². The van der Waals surface area contributed by atoms with Crippen LogP contribution in [0, 0.1) is 5.41 Å². The van der Waals surface area contributed by atoms with Gasteiger partial charge in [0.2, 0.25) is 0 Å². The third kappa shape index (κ3) is 3.16. The first kappa shape index (κ1) is 12.4. The number of nitrogens with one attached hydrogen (secondary N) is 1. The molecule has 1 aromatic carbocycles. The van der Waals surface area contributed by atoms with Gasteiger partial charge in [0.1, 0.15) is 11.4 Å².